The molecule has 1 aliphatic heterocycles. The third kappa shape index (κ3) is 2.42. The Morgan fingerprint density at radius 3 is 2.81 bits per heavy atom. The van der Waals surface area contributed by atoms with E-state index < -0.39 is 0 Å². The van der Waals surface area contributed by atoms with Crippen LogP contribution in [0.15, 0.2) is 42.5 Å². The minimum absolute atomic E-state index is 0.238. The van der Waals surface area contributed by atoms with E-state index in [1.165, 1.54) is 5.56 Å². The summed E-state index contributed by atoms with van der Waals surface area (Å²) in [6, 6.07) is 14.6. The van der Waals surface area contributed by atoms with Crippen molar-refractivity contribution in [3.63, 3.8) is 0 Å². The second-order valence-corrected chi connectivity index (χ2v) is 7.29. The van der Waals surface area contributed by atoms with Crippen molar-refractivity contribution >= 4 is 22.5 Å². The molecule has 0 bridgehead atoms. The number of aryl methyl sites for hydroxylation is 2. The molecule has 0 radical (unpaired) electrons. The van der Waals surface area contributed by atoms with Crippen LogP contribution in [-0.4, -0.2) is 25.0 Å². The summed E-state index contributed by atoms with van der Waals surface area (Å²) >= 11 is 6.08. The largest absolute Gasteiger partial charge is 0.303 e. The maximum absolute atomic E-state index is 6.08. The van der Waals surface area contributed by atoms with Crippen molar-refractivity contribution in [1.82, 2.24) is 25.0 Å². The van der Waals surface area contributed by atoms with Crippen LogP contribution in [0.3, 0.4) is 0 Å². The van der Waals surface area contributed by atoms with Gasteiger partial charge in [0.15, 0.2) is 5.82 Å². The van der Waals surface area contributed by atoms with Crippen molar-refractivity contribution in [2.24, 2.45) is 0 Å². The summed E-state index contributed by atoms with van der Waals surface area (Å²) in [6.07, 6.45) is 3.15. The van der Waals surface area contributed by atoms with Crippen LogP contribution >= 0.6 is 11.6 Å². The van der Waals surface area contributed by atoms with Gasteiger partial charge in [0.05, 0.1) is 11.6 Å². The van der Waals surface area contributed by atoms with E-state index in [9.17, 15) is 0 Å². The van der Waals surface area contributed by atoms with Gasteiger partial charge in [0, 0.05) is 28.1 Å². The molecule has 0 saturated heterocycles. The fourth-order valence-corrected chi connectivity index (χ4v) is 4.01. The van der Waals surface area contributed by atoms with Gasteiger partial charge in [0.25, 0.3) is 0 Å². The smallest absolute Gasteiger partial charge is 0.164 e. The van der Waals surface area contributed by atoms with Gasteiger partial charge in [-0.25, -0.2) is 0 Å². The average Bonchev–Trinajstić information content (AvgIpc) is 3.26. The topological polar surface area (TPSA) is 59.4 Å². The molecule has 1 aliphatic rings. The molecule has 0 saturated carbocycles. The molecule has 0 fully saturated rings. The lowest BCUT2D eigenvalue weighted by Gasteiger charge is -2.26. The maximum atomic E-state index is 6.08. The van der Waals surface area contributed by atoms with Crippen molar-refractivity contribution in [1.29, 1.82) is 0 Å². The van der Waals surface area contributed by atoms with Gasteiger partial charge in [-0.05, 0) is 55.7 Å². The molecular formula is C20H18ClN5. The molecule has 6 heteroatoms. The first-order valence-corrected chi connectivity index (χ1v) is 9.23. The first-order chi connectivity index (χ1) is 12.7. The Morgan fingerprint density at radius 1 is 1.12 bits per heavy atom. The van der Waals surface area contributed by atoms with E-state index in [0.717, 1.165) is 58.1 Å². The molecule has 2 aromatic heterocycles. The molecule has 3 heterocycles. The Balaban J connectivity index is 1.66. The second-order valence-electron chi connectivity index (χ2n) is 6.85. The van der Waals surface area contributed by atoms with Gasteiger partial charge in [-0.3, -0.25) is 5.10 Å². The Kier molecular flexibility index (Phi) is 3.57. The van der Waals surface area contributed by atoms with E-state index in [1.807, 2.05) is 25.1 Å². The highest BCUT2D eigenvalue weighted by atomic mass is 35.5. The summed E-state index contributed by atoms with van der Waals surface area (Å²) in [4.78, 5) is 0. The summed E-state index contributed by atoms with van der Waals surface area (Å²) in [7, 11) is 0. The summed E-state index contributed by atoms with van der Waals surface area (Å²) in [6.45, 7) is 2.04. The lowest BCUT2D eigenvalue weighted by molar-refractivity contribution is 0.454. The molecule has 1 atom stereocenters. The highest BCUT2D eigenvalue weighted by molar-refractivity contribution is 6.30. The summed E-state index contributed by atoms with van der Waals surface area (Å²) in [5.41, 5.74) is 4.35. The van der Waals surface area contributed by atoms with Crippen molar-refractivity contribution in [2.45, 2.75) is 32.2 Å². The van der Waals surface area contributed by atoms with Crippen LogP contribution in [0.4, 0.5) is 0 Å². The number of benzene rings is 2. The van der Waals surface area contributed by atoms with Crippen LogP contribution in [0.2, 0.25) is 5.02 Å². The minimum atomic E-state index is 0.238. The van der Waals surface area contributed by atoms with E-state index in [0.29, 0.717) is 0 Å². The lowest BCUT2D eigenvalue weighted by atomic mass is 9.96. The molecule has 5 nitrogen and oxygen atoms in total. The number of hydrogen-bond donors (Lipinski definition) is 1. The van der Waals surface area contributed by atoms with E-state index in [-0.39, 0.29) is 6.04 Å². The number of aromatic amines is 1. The number of nitrogens with one attached hydrogen (secondary N) is 1. The monoisotopic (exact) mass is 363 g/mol. The zero-order valence-corrected chi connectivity index (χ0v) is 15.2. The molecule has 26 heavy (non-hydrogen) atoms. The molecule has 4 aromatic rings. The Morgan fingerprint density at radius 2 is 1.96 bits per heavy atom. The molecule has 5 rings (SSSR count). The summed E-state index contributed by atoms with van der Waals surface area (Å²) in [5.74, 6) is 1.97. The zero-order chi connectivity index (χ0) is 17.7. The van der Waals surface area contributed by atoms with Gasteiger partial charge in [-0.1, -0.05) is 23.7 Å². The quantitative estimate of drug-likeness (QED) is 0.561. The maximum Gasteiger partial charge on any atom is 0.164 e. The molecule has 2 aromatic carbocycles. The molecular weight excluding hydrogens is 346 g/mol. The first kappa shape index (κ1) is 15.6. The number of H-pyrrole nitrogens is 1. The molecule has 1 N–H and O–H groups in total. The third-order valence-corrected chi connectivity index (χ3v) is 5.47. The van der Waals surface area contributed by atoms with Gasteiger partial charge in [-0.2, -0.15) is 5.10 Å². The molecule has 0 unspecified atom stereocenters. The van der Waals surface area contributed by atoms with Gasteiger partial charge in [0.2, 0.25) is 0 Å². The first-order valence-electron chi connectivity index (χ1n) is 8.85. The van der Waals surface area contributed by atoms with Gasteiger partial charge in [-0.15, -0.1) is 10.2 Å². The number of hydrogen-bond acceptors (Lipinski definition) is 3. The van der Waals surface area contributed by atoms with Crippen LogP contribution in [0.25, 0.3) is 22.3 Å². The fraction of sp³-hybridized carbons (Fsp3) is 0.250. The molecule has 130 valence electrons. The number of halogens is 1. The standard InChI is InChI=1S/C20H18ClN5/c1-12-16-11-14(7-10-17(16)23-22-12)20-25-24-19-4-2-3-18(26(19)20)13-5-8-15(21)9-6-13/h5-11,18H,2-4H2,1H3,(H,22,23)/t18-/m0/s1. The minimum Gasteiger partial charge on any atom is -0.303 e. The average molecular weight is 364 g/mol. The van der Waals surface area contributed by atoms with Crippen LogP contribution < -0.4 is 0 Å². The molecule has 0 amide bonds. The number of nitrogens with zero attached hydrogens (tertiary/aromatic N) is 4. The molecule has 0 aliphatic carbocycles. The van der Waals surface area contributed by atoms with Crippen molar-refractivity contribution in [2.75, 3.05) is 0 Å². The van der Waals surface area contributed by atoms with Crippen LogP contribution in [0.5, 0.6) is 0 Å². The number of aromatic nitrogens is 5. The Labute approximate surface area is 156 Å². The Hall–Kier alpha value is -2.66. The van der Waals surface area contributed by atoms with E-state index in [2.05, 4.69) is 49.2 Å². The predicted molar refractivity (Wildman–Crippen MR) is 102 cm³/mol. The summed E-state index contributed by atoms with van der Waals surface area (Å²) < 4.78 is 2.29. The SMILES string of the molecule is Cc1[nH]nc2ccc(-c3nnc4n3[C@H](c3ccc(Cl)cc3)CCC4)cc12. The highest BCUT2D eigenvalue weighted by Crippen LogP contribution is 2.35. The van der Waals surface area contributed by atoms with Gasteiger partial charge >= 0.3 is 0 Å². The zero-order valence-electron chi connectivity index (χ0n) is 14.4. The van der Waals surface area contributed by atoms with Crippen LogP contribution in [0.1, 0.15) is 36.0 Å². The van der Waals surface area contributed by atoms with E-state index in [1.54, 1.807) is 0 Å². The summed E-state index contributed by atoms with van der Waals surface area (Å²) in [5, 5.41) is 18.3. The highest BCUT2D eigenvalue weighted by Gasteiger charge is 2.26. The normalized spacial score (nSPS) is 16.8. The number of fused-ring (bicyclic) bond motifs is 2. The second kappa shape index (κ2) is 5.95. The molecule has 0 spiro atoms. The van der Waals surface area contributed by atoms with Crippen molar-refractivity contribution < 1.29 is 0 Å². The van der Waals surface area contributed by atoms with Crippen molar-refractivity contribution in [3.8, 4) is 11.4 Å². The van der Waals surface area contributed by atoms with Gasteiger partial charge < -0.3 is 4.57 Å². The third-order valence-electron chi connectivity index (χ3n) is 5.21. The number of rotatable bonds is 2. The van der Waals surface area contributed by atoms with Crippen LogP contribution in [0, 0.1) is 6.92 Å². The fourth-order valence-electron chi connectivity index (χ4n) is 3.88. The van der Waals surface area contributed by atoms with Gasteiger partial charge in [0.1, 0.15) is 5.82 Å². The lowest BCUT2D eigenvalue weighted by Crippen LogP contribution is -2.20. The van der Waals surface area contributed by atoms with E-state index >= 15 is 0 Å². The predicted octanol–water partition coefficient (Wildman–Crippen LogP) is 4.71. The Bertz CT molecular complexity index is 1090. The van der Waals surface area contributed by atoms with Crippen LogP contribution in [-0.2, 0) is 6.42 Å². The van der Waals surface area contributed by atoms with Crippen molar-refractivity contribution in [3.05, 3.63) is 64.6 Å². The van der Waals surface area contributed by atoms with E-state index in [4.69, 9.17) is 11.6 Å².